The van der Waals surface area contributed by atoms with Crippen LogP contribution in [0.3, 0.4) is 0 Å². The summed E-state index contributed by atoms with van der Waals surface area (Å²) in [6.07, 6.45) is 4.21. The molecule has 6 heteroatoms. The van der Waals surface area contributed by atoms with Crippen molar-refractivity contribution in [3.63, 3.8) is 0 Å². The van der Waals surface area contributed by atoms with Crippen molar-refractivity contribution in [2.24, 2.45) is 0 Å². The molecule has 2 rings (SSSR count). The lowest BCUT2D eigenvalue weighted by molar-refractivity contribution is 0.439. The average molecular weight is 364 g/mol. The van der Waals surface area contributed by atoms with Crippen molar-refractivity contribution in [2.45, 2.75) is 19.4 Å². The lowest BCUT2D eigenvalue weighted by atomic mass is 10.1. The Morgan fingerprint density at radius 2 is 2.26 bits per heavy atom. The fraction of sp³-hybridized carbons (Fsp3) is 0.308. The molecule has 3 nitrogen and oxygen atoms in total. The SMILES string of the molecule is CCCNC(c1ncc(Cl)cc1Cl)c1occc1Br. The van der Waals surface area contributed by atoms with Gasteiger partial charge in [-0.05, 0) is 41.0 Å². The van der Waals surface area contributed by atoms with Crippen LogP contribution in [0.25, 0.3) is 0 Å². The molecule has 2 aromatic rings. The number of furan rings is 1. The van der Waals surface area contributed by atoms with Crippen LogP contribution in [-0.4, -0.2) is 11.5 Å². The second-order valence-corrected chi connectivity index (χ2v) is 5.74. The minimum absolute atomic E-state index is 0.200. The highest BCUT2D eigenvalue weighted by Gasteiger charge is 2.23. The zero-order valence-corrected chi connectivity index (χ0v) is 13.4. The molecular formula is C13H13BrCl2N2O. The van der Waals surface area contributed by atoms with E-state index in [1.807, 2.05) is 6.07 Å². The number of pyridine rings is 1. The van der Waals surface area contributed by atoms with E-state index < -0.39 is 0 Å². The predicted molar refractivity (Wildman–Crippen MR) is 80.8 cm³/mol. The first-order valence-corrected chi connectivity index (χ1v) is 7.45. The number of rotatable bonds is 5. The Morgan fingerprint density at radius 3 is 2.84 bits per heavy atom. The molecular weight excluding hydrogens is 351 g/mol. The topological polar surface area (TPSA) is 38.1 Å². The number of halogens is 3. The third kappa shape index (κ3) is 3.51. The molecule has 0 saturated heterocycles. The van der Waals surface area contributed by atoms with Crippen molar-refractivity contribution in [3.8, 4) is 0 Å². The standard InChI is InChI=1S/C13H13BrCl2N2O/c1-2-4-17-12(13-9(14)3-5-19-13)11-10(16)6-8(15)7-18-11/h3,5-7,12,17H,2,4H2,1H3. The highest BCUT2D eigenvalue weighted by atomic mass is 79.9. The van der Waals surface area contributed by atoms with Crippen LogP contribution in [0.15, 0.2) is 33.5 Å². The van der Waals surface area contributed by atoms with Gasteiger partial charge in [0.05, 0.1) is 26.5 Å². The van der Waals surface area contributed by atoms with Crippen molar-refractivity contribution in [1.82, 2.24) is 10.3 Å². The Kier molecular flexibility index (Phi) is 5.28. The summed E-state index contributed by atoms with van der Waals surface area (Å²) in [6, 6.07) is 3.33. The molecule has 1 N–H and O–H groups in total. The molecule has 0 aliphatic heterocycles. The van der Waals surface area contributed by atoms with Crippen LogP contribution in [0.5, 0.6) is 0 Å². The number of hydrogen-bond donors (Lipinski definition) is 1. The van der Waals surface area contributed by atoms with E-state index in [0.29, 0.717) is 15.7 Å². The number of aromatic nitrogens is 1. The van der Waals surface area contributed by atoms with Gasteiger partial charge in [0.2, 0.25) is 0 Å². The Bertz CT molecular complexity index is 559. The van der Waals surface area contributed by atoms with E-state index in [1.165, 1.54) is 0 Å². The maximum absolute atomic E-state index is 6.23. The summed E-state index contributed by atoms with van der Waals surface area (Å²) in [5.74, 6) is 0.755. The first-order chi connectivity index (χ1) is 9.13. The third-order valence-electron chi connectivity index (χ3n) is 2.62. The van der Waals surface area contributed by atoms with Gasteiger partial charge in [0.15, 0.2) is 0 Å². The Morgan fingerprint density at radius 1 is 1.47 bits per heavy atom. The molecule has 0 bridgehead atoms. The van der Waals surface area contributed by atoms with Crippen LogP contribution >= 0.6 is 39.1 Å². The number of hydrogen-bond acceptors (Lipinski definition) is 3. The van der Waals surface area contributed by atoms with Crippen LogP contribution in [0.2, 0.25) is 10.0 Å². The molecule has 0 aromatic carbocycles. The Balaban J connectivity index is 2.40. The van der Waals surface area contributed by atoms with E-state index in [1.54, 1.807) is 18.5 Å². The van der Waals surface area contributed by atoms with E-state index in [-0.39, 0.29) is 6.04 Å². The smallest absolute Gasteiger partial charge is 0.141 e. The van der Waals surface area contributed by atoms with Crippen LogP contribution in [0.4, 0.5) is 0 Å². The summed E-state index contributed by atoms with van der Waals surface area (Å²) in [6.45, 7) is 2.93. The van der Waals surface area contributed by atoms with Crippen molar-refractivity contribution in [2.75, 3.05) is 6.54 Å². The number of nitrogens with one attached hydrogen (secondary N) is 1. The molecule has 0 radical (unpaired) electrons. The van der Waals surface area contributed by atoms with Crippen molar-refractivity contribution in [1.29, 1.82) is 0 Å². The highest BCUT2D eigenvalue weighted by molar-refractivity contribution is 9.10. The lowest BCUT2D eigenvalue weighted by Gasteiger charge is -2.17. The van der Waals surface area contributed by atoms with Gasteiger partial charge >= 0.3 is 0 Å². The van der Waals surface area contributed by atoms with E-state index in [2.05, 4.69) is 33.2 Å². The molecule has 0 fully saturated rings. The maximum atomic E-state index is 6.23. The highest BCUT2D eigenvalue weighted by Crippen LogP contribution is 2.32. The zero-order chi connectivity index (χ0) is 13.8. The maximum Gasteiger partial charge on any atom is 0.141 e. The molecule has 1 unspecified atom stereocenters. The molecule has 2 aromatic heterocycles. The molecule has 0 aliphatic rings. The minimum atomic E-state index is -0.200. The molecule has 0 aliphatic carbocycles. The van der Waals surface area contributed by atoms with Gasteiger partial charge in [-0.15, -0.1) is 0 Å². The molecule has 0 amide bonds. The molecule has 1 atom stereocenters. The van der Waals surface area contributed by atoms with Gasteiger partial charge in [-0.1, -0.05) is 30.1 Å². The van der Waals surface area contributed by atoms with Gasteiger partial charge in [-0.3, -0.25) is 4.98 Å². The van der Waals surface area contributed by atoms with Gasteiger partial charge in [0, 0.05) is 6.20 Å². The van der Waals surface area contributed by atoms with Gasteiger partial charge in [0.1, 0.15) is 11.8 Å². The fourth-order valence-electron chi connectivity index (χ4n) is 1.75. The summed E-state index contributed by atoms with van der Waals surface area (Å²) < 4.78 is 6.41. The third-order valence-corrected chi connectivity index (χ3v) is 3.78. The Labute approximate surface area is 130 Å². The first kappa shape index (κ1) is 14.9. The Hall–Kier alpha value is -0.550. The molecule has 19 heavy (non-hydrogen) atoms. The van der Waals surface area contributed by atoms with Crippen molar-refractivity contribution < 1.29 is 4.42 Å². The van der Waals surface area contributed by atoms with E-state index >= 15 is 0 Å². The summed E-state index contributed by atoms with van der Waals surface area (Å²) in [5.41, 5.74) is 0.704. The van der Waals surface area contributed by atoms with Crippen LogP contribution in [-0.2, 0) is 0 Å². The largest absolute Gasteiger partial charge is 0.466 e. The fourth-order valence-corrected chi connectivity index (χ4v) is 2.67. The zero-order valence-electron chi connectivity index (χ0n) is 10.3. The van der Waals surface area contributed by atoms with Gasteiger partial charge in [-0.25, -0.2) is 0 Å². The average Bonchev–Trinajstić information content (AvgIpc) is 2.78. The van der Waals surface area contributed by atoms with Gasteiger partial charge < -0.3 is 9.73 Å². The minimum Gasteiger partial charge on any atom is -0.466 e. The molecule has 0 spiro atoms. The van der Waals surface area contributed by atoms with E-state index in [9.17, 15) is 0 Å². The summed E-state index contributed by atoms with van der Waals surface area (Å²) in [7, 11) is 0. The normalized spacial score (nSPS) is 12.6. The quantitative estimate of drug-likeness (QED) is 0.826. The summed E-state index contributed by atoms with van der Waals surface area (Å²) >= 11 is 15.6. The van der Waals surface area contributed by atoms with Gasteiger partial charge in [0.25, 0.3) is 0 Å². The predicted octanol–water partition coefficient (Wildman–Crippen LogP) is 4.83. The van der Waals surface area contributed by atoms with Crippen molar-refractivity contribution in [3.05, 3.63) is 50.6 Å². The summed E-state index contributed by atoms with van der Waals surface area (Å²) in [5, 5.41) is 4.41. The molecule has 102 valence electrons. The second kappa shape index (κ2) is 6.75. The van der Waals surface area contributed by atoms with E-state index in [4.69, 9.17) is 27.6 Å². The van der Waals surface area contributed by atoms with Gasteiger partial charge in [-0.2, -0.15) is 0 Å². The van der Waals surface area contributed by atoms with Crippen LogP contribution in [0.1, 0.15) is 30.8 Å². The molecule has 2 heterocycles. The van der Waals surface area contributed by atoms with Crippen molar-refractivity contribution >= 4 is 39.1 Å². The van der Waals surface area contributed by atoms with Crippen LogP contribution < -0.4 is 5.32 Å². The number of nitrogens with zero attached hydrogens (tertiary/aromatic N) is 1. The second-order valence-electron chi connectivity index (χ2n) is 4.04. The van der Waals surface area contributed by atoms with Crippen LogP contribution in [0, 0.1) is 0 Å². The summed E-state index contributed by atoms with van der Waals surface area (Å²) in [4.78, 5) is 4.32. The molecule has 0 saturated carbocycles. The van der Waals surface area contributed by atoms with E-state index in [0.717, 1.165) is 23.2 Å². The lowest BCUT2D eigenvalue weighted by Crippen LogP contribution is -2.24. The monoisotopic (exact) mass is 362 g/mol. The first-order valence-electron chi connectivity index (χ1n) is 5.90.